The zero-order valence-electron chi connectivity index (χ0n) is 17.8. The fourth-order valence-electron chi connectivity index (χ4n) is 3.99. The van der Waals surface area contributed by atoms with Crippen LogP contribution in [0.25, 0.3) is 0 Å². The Morgan fingerprint density at radius 3 is 2.13 bits per heavy atom. The van der Waals surface area contributed by atoms with Gasteiger partial charge in [-0.05, 0) is 17.5 Å². The second kappa shape index (κ2) is 9.43. The van der Waals surface area contributed by atoms with Crippen LogP contribution in [-0.2, 0) is 23.6 Å². The summed E-state index contributed by atoms with van der Waals surface area (Å²) in [6.07, 6.45) is 0.658. The van der Waals surface area contributed by atoms with Gasteiger partial charge in [0.25, 0.3) is 0 Å². The monoisotopic (exact) mass is 421 g/mol. The Bertz CT molecular complexity index is 923. The Kier molecular flexibility index (Phi) is 6.46. The molecule has 0 bridgehead atoms. The number of aliphatic hydroxyl groups is 1. The zero-order valence-corrected chi connectivity index (χ0v) is 17.8. The van der Waals surface area contributed by atoms with E-state index >= 15 is 0 Å². The van der Waals surface area contributed by atoms with Crippen LogP contribution >= 0.6 is 0 Å². The summed E-state index contributed by atoms with van der Waals surface area (Å²) in [6, 6.07) is 21.8. The molecular formula is C24H27N3O4. The highest BCUT2D eigenvalue weighted by Gasteiger charge is 2.49. The van der Waals surface area contributed by atoms with Gasteiger partial charge in [-0.25, -0.2) is 0 Å². The summed E-state index contributed by atoms with van der Waals surface area (Å²) in [4.78, 5) is 10.8. The van der Waals surface area contributed by atoms with Crippen LogP contribution in [-0.4, -0.2) is 46.8 Å². The van der Waals surface area contributed by atoms with Gasteiger partial charge >= 0.3 is 6.01 Å². The molecule has 1 saturated heterocycles. The van der Waals surface area contributed by atoms with Gasteiger partial charge in [0.15, 0.2) is 0 Å². The van der Waals surface area contributed by atoms with Gasteiger partial charge in [0, 0.05) is 19.2 Å². The van der Waals surface area contributed by atoms with Crippen molar-refractivity contribution in [1.29, 1.82) is 0 Å². The number of hydrogen-bond acceptors (Lipinski definition) is 7. The molecule has 2 aromatic carbocycles. The highest BCUT2D eigenvalue weighted by atomic mass is 16.6. The van der Waals surface area contributed by atoms with E-state index in [1.54, 1.807) is 6.07 Å². The molecule has 1 fully saturated rings. The van der Waals surface area contributed by atoms with Gasteiger partial charge < -0.3 is 19.3 Å². The van der Waals surface area contributed by atoms with E-state index in [2.05, 4.69) is 39.1 Å². The van der Waals surface area contributed by atoms with E-state index in [4.69, 9.17) is 14.2 Å². The summed E-state index contributed by atoms with van der Waals surface area (Å²) >= 11 is 0. The van der Waals surface area contributed by atoms with Crippen molar-refractivity contribution in [1.82, 2.24) is 14.9 Å². The van der Waals surface area contributed by atoms with Crippen molar-refractivity contribution in [3.63, 3.8) is 0 Å². The third-order valence-electron chi connectivity index (χ3n) is 5.50. The molecule has 2 heterocycles. The lowest BCUT2D eigenvalue weighted by Crippen LogP contribution is -2.48. The molecule has 0 spiro atoms. The molecule has 0 radical (unpaired) electrons. The first-order valence-corrected chi connectivity index (χ1v) is 10.3. The van der Waals surface area contributed by atoms with Crippen molar-refractivity contribution < 1.29 is 19.3 Å². The van der Waals surface area contributed by atoms with Crippen LogP contribution in [0.5, 0.6) is 11.9 Å². The lowest BCUT2D eigenvalue weighted by molar-refractivity contribution is -0.214. The van der Waals surface area contributed by atoms with Crippen molar-refractivity contribution in [2.45, 2.75) is 31.3 Å². The van der Waals surface area contributed by atoms with Crippen molar-refractivity contribution in [3.8, 4) is 11.9 Å². The molecule has 7 heteroatoms. The molecule has 1 unspecified atom stereocenters. The Hall–Kier alpha value is -3.00. The Morgan fingerprint density at radius 2 is 1.58 bits per heavy atom. The molecule has 4 rings (SSSR count). The second-order valence-corrected chi connectivity index (χ2v) is 7.51. The highest BCUT2D eigenvalue weighted by Crippen LogP contribution is 2.39. The minimum absolute atomic E-state index is 0.120. The maximum absolute atomic E-state index is 11.7. The minimum Gasteiger partial charge on any atom is -0.481 e. The molecule has 2 atom stereocenters. The van der Waals surface area contributed by atoms with E-state index in [1.807, 2.05) is 36.4 Å². The van der Waals surface area contributed by atoms with Gasteiger partial charge in [-0.1, -0.05) is 60.7 Å². The number of ether oxygens (including phenoxy) is 3. The summed E-state index contributed by atoms with van der Waals surface area (Å²) in [7, 11) is 2.99. The van der Waals surface area contributed by atoms with Crippen LogP contribution < -0.4 is 9.47 Å². The summed E-state index contributed by atoms with van der Waals surface area (Å²) in [5.41, 5.74) is 2.64. The molecule has 1 aromatic heterocycles. The zero-order chi connectivity index (χ0) is 21.7. The van der Waals surface area contributed by atoms with Crippen LogP contribution in [0.4, 0.5) is 0 Å². The molecule has 0 aliphatic carbocycles. The third kappa shape index (κ3) is 4.69. The summed E-state index contributed by atoms with van der Waals surface area (Å²) in [5.74, 6) is -1.31. The van der Waals surface area contributed by atoms with Crippen LogP contribution in [0.15, 0.2) is 66.7 Å². The fourth-order valence-corrected chi connectivity index (χ4v) is 3.99. The van der Waals surface area contributed by atoms with Gasteiger partial charge in [-0.2, -0.15) is 9.97 Å². The molecule has 162 valence electrons. The van der Waals surface area contributed by atoms with Crippen LogP contribution in [0.1, 0.15) is 23.2 Å². The first-order chi connectivity index (χ1) is 15.1. The number of benzene rings is 2. The second-order valence-electron chi connectivity index (χ2n) is 7.51. The van der Waals surface area contributed by atoms with Gasteiger partial charge in [-0.3, -0.25) is 4.90 Å². The standard InChI is InChI=1S/C24H27N3O4/c1-29-22-15-20(25-23(26-22)30-2)24(28)21(13-14-31-24)27(16-18-9-5-3-6-10-18)17-19-11-7-4-8-12-19/h3-12,15,21,28H,13-14,16-17H2,1-2H3/t21-,24?/m1/s1. The lowest BCUT2D eigenvalue weighted by Gasteiger charge is -2.37. The molecule has 0 amide bonds. The largest absolute Gasteiger partial charge is 0.481 e. The van der Waals surface area contributed by atoms with Crippen molar-refractivity contribution in [3.05, 3.63) is 83.6 Å². The predicted molar refractivity (Wildman–Crippen MR) is 116 cm³/mol. The SMILES string of the molecule is COc1cc(C2(O)OCC[C@H]2N(Cc2ccccc2)Cc2ccccc2)nc(OC)n1. The number of hydrogen-bond donors (Lipinski definition) is 1. The maximum atomic E-state index is 11.7. The molecule has 0 saturated carbocycles. The summed E-state index contributed by atoms with van der Waals surface area (Å²) in [6.45, 7) is 1.73. The maximum Gasteiger partial charge on any atom is 0.319 e. The molecule has 7 nitrogen and oxygen atoms in total. The summed E-state index contributed by atoms with van der Waals surface area (Å²) in [5, 5.41) is 11.7. The van der Waals surface area contributed by atoms with Crippen LogP contribution in [0.2, 0.25) is 0 Å². The van der Waals surface area contributed by atoms with E-state index in [9.17, 15) is 5.11 Å². The fraction of sp³-hybridized carbons (Fsp3) is 0.333. The van der Waals surface area contributed by atoms with Crippen molar-refractivity contribution >= 4 is 0 Å². The van der Waals surface area contributed by atoms with Gasteiger partial charge in [0.1, 0.15) is 5.69 Å². The topological polar surface area (TPSA) is 76.9 Å². The normalized spacial score (nSPS) is 20.7. The van der Waals surface area contributed by atoms with Gasteiger partial charge in [-0.15, -0.1) is 0 Å². The van der Waals surface area contributed by atoms with Gasteiger partial charge in [0.2, 0.25) is 11.7 Å². The quantitative estimate of drug-likeness (QED) is 0.599. The minimum atomic E-state index is -1.62. The first kappa shape index (κ1) is 21.2. The van der Waals surface area contributed by atoms with E-state index < -0.39 is 5.79 Å². The van der Waals surface area contributed by atoms with E-state index in [-0.39, 0.29) is 12.1 Å². The number of aromatic nitrogens is 2. The Labute approximate surface area is 182 Å². The average molecular weight is 421 g/mol. The molecule has 1 aliphatic rings. The lowest BCUT2D eigenvalue weighted by atomic mass is 9.99. The van der Waals surface area contributed by atoms with Crippen LogP contribution in [0, 0.1) is 0 Å². The van der Waals surface area contributed by atoms with E-state index in [0.29, 0.717) is 37.7 Å². The Morgan fingerprint density at radius 1 is 0.968 bits per heavy atom. The average Bonchev–Trinajstić information content (AvgIpc) is 3.22. The van der Waals surface area contributed by atoms with Crippen LogP contribution in [0.3, 0.4) is 0 Å². The van der Waals surface area contributed by atoms with Crippen molar-refractivity contribution in [2.24, 2.45) is 0 Å². The smallest absolute Gasteiger partial charge is 0.319 e. The number of methoxy groups -OCH3 is 2. The number of rotatable bonds is 8. The van der Waals surface area contributed by atoms with Gasteiger partial charge in [0.05, 0.1) is 26.9 Å². The molecule has 3 aromatic rings. The summed E-state index contributed by atoms with van der Waals surface area (Å²) < 4.78 is 16.4. The molecular weight excluding hydrogens is 394 g/mol. The third-order valence-corrected chi connectivity index (χ3v) is 5.50. The van der Waals surface area contributed by atoms with E-state index in [0.717, 1.165) is 11.1 Å². The first-order valence-electron chi connectivity index (χ1n) is 10.3. The molecule has 31 heavy (non-hydrogen) atoms. The number of nitrogens with zero attached hydrogens (tertiary/aromatic N) is 3. The molecule has 1 N–H and O–H groups in total. The highest BCUT2D eigenvalue weighted by molar-refractivity contribution is 5.25. The predicted octanol–water partition coefficient (Wildman–Crippen LogP) is 3.13. The van der Waals surface area contributed by atoms with E-state index in [1.165, 1.54) is 14.2 Å². The molecule has 1 aliphatic heterocycles. The van der Waals surface area contributed by atoms with Crippen molar-refractivity contribution in [2.75, 3.05) is 20.8 Å². The Balaban J connectivity index is 1.70.